The van der Waals surface area contributed by atoms with E-state index in [1.807, 2.05) is 0 Å². The molecule has 1 nitrogen and oxygen atoms in total. The van der Waals surface area contributed by atoms with E-state index >= 15 is 0 Å². The van der Waals surface area contributed by atoms with Crippen molar-refractivity contribution in [1.29, 1.82) is 0 Å². The van der Waals surface area contributed by atoms with Crippen LogP contribution in [0.2, 0.25) is 5.02 Å². The molecule has 0 aromatic heterocycles. The van der Waals surface area contributed by atoms with E-state index in [9.17, 15) is 4.79 Å². The minimum absolute atomic E-state index is 0.421. The molecule has 0 aliphatic rings. The molecule has 5 heteroatoms. The molecule has 0 saturated carbocycles. The summed E-state index contributed by atoms with van der Waals surface area (Å²) < 4.78 is -0.421. The van der Waals surface area contributed by atoms with Crippen LogP contribution in [-0.4, -0.2) is 4.57 Å². The molecule has 1 unspecified atom stereocenters. The van der Waals surface area contributed by atoms with Gasteiger partial charge in [-0.05, 0) is 35.9 Å². The van der Waals surface area contributed by atoms with Gasteiger partial charge < -0.3 is 0 Å². The molecular formula is C7H6Cl2OS2. The monoisotopic (exact) mass is 240 g/mol. The maximum absolute atomic E-state index is 10.7. The van der Waals surface area contributed by atoms with E-state index < -0.39 is 14.5 Å². The number of halogens is 2. The summed E-state index contributed by atoms with van der Waals surface area (Å²) in [5.74, 6) is 0. The van der Waals surface area contributed by atoms with Crippen molar-refractivity contribution in [2.45, 2.75) is 4.90 Å². The first kappa shape index (κ1) is 10.3. The van der Waals surface area contributed by atoms with Crippen molar-refractivity contribution in [3.63, 3.8) is 0 Å². The molecule has 0 aliphatic heterocycles. The zero-order valence-electron chi connectivity index (χ0n) is 5.87. The summed E-state index contributed by atoms with van der Waals surface area (Å²) in [6.07, 6.45) is 0. The molecule has 0 bridgehead atoms. The third kappa shape index (κ3) is 2.59. The summed E-state index contributed by atoms with van der Waals surface area (Å²) in [6, 6.07) is 6.92. The fraction of sp³-hybridized carbons (Fsp3) is 0. The Morgan fingerprint density at radius 2 is 1.83 bits per heavy atom. The highest BCUT2D eigenvalue weighted by molar-refractivity contribution is 8.85. The molecule has 0 saturated heterocycles. The highest BCUT2D eigenvalue weighted by Crippen LogP contribution is 2.43. The molecule has 12 heavy (non-hydrogen) atoms. The zero-order valence-corrected chi connectivity index (χ0v) is 9.17. The molecule has 0 radical (unpaired) electrons. The van der Waals surface area contributed by atoms with Crippen molar-refractivity contribution in [2.75, 3.05) is 0 Å². The van der Waals surface area contributed by atoms with E-state index in [-0.39, 0.29) is 0 Å². The molecule has 0 amide bonds. The number of carbonyl (C=O) groups excluding carboxylic acids is 1. The van der Waals surface area contributed by atoms with E-state index in [2.05, 4.69) is 11.7 Å². The second-order valence-electron chi connectivity index (χ2n) is 2.04. The second kappa shape index (κ2) is 4.42. The van der Waals surface area contributed by atoms with Crippen LogP contribution in [0.25, 0.3) is 0 Å². The minimum Gasteiger partial charge on any atom is -0.269 e. The summed E-state index contributed by atoms with van der Waals surface area (Å²) >= 11 is 15.0. The average molecular weight is 241 g/mol. The van der Waals surface area contributed by atoms with Crippen LogP contribution in [0.5, 0.6) is 0 Å². The maximum atomic E-state index is 10.7. The first-order valence-corrected chi connectivity index (χ1v) is 6.30. The number of thiol groups is 2. The summed E-state index contributed by atoms with van der Waals surface area (Å²) in [6.45, 7) is 0. The van der Waals surface area contributed by atoms with Gasteiger partial charge in [-0.1, -0.05) is 11.6 Å². The summed E-state index contributed by atoms with van der Waals surface area (Å²) in [4.78, 5) is 11.5. The highest BCUT2D eigenvalue weighted by atomic mass is 35.5. The molecule has 1 atom stereocenters. The lowest BCUT2D eigenvalue weighted by atomic mass is 10.4. The van der Waals surface area contributed by atoms with Crippen LogP contribution >= 0.6 is 44.8 Å². The predicted octanol–water partition coefficient (Wildman–Crippen LogP) is 3.90. The van der Waals surface area contributed by atoms with Gasteiger partial charge in [0.15, 0.2) is 0 Å². The van der Waals surface area contributed by atoms with Crippen LogP contribution in [-0.2, 0) is 0 Å². The summed E-state index contributed by atoms with van der Waals surface area (Å²) in [5.41, 5.74) is 0. The topological polar surface area (TPSA) is 17.1 Å². The fourth-order valence-electron chi connectivity index (χ4n) is 0.684. The van der Waals surface area contributed by atoms with Gasteiger partial charge in [0.2, 0.25) is 0 Å². The van der Waals surface area contributed by atoms with Crippen molar-refractivity contribution in [3.05, 3.63) is 29.3 Å². The van der Waals surface area contributed by atoms with Crippen molar-refractivity contribution in [3.8, 4) is 0 Å². The lowest BCUT2D eigenvalue weighted by Gasteiger charge is -2.08. The molecule has 1 aromatic rings. The second-order valence-corrected chi connectivity index (χ2v) is 5.83. The first-order chi connectivity index (χ1) is 5.61. The van der Waals surface area contributed by atoms with Crippen molar-refractivity contribution < 1.29 is 4.79 Å². The standard InChI is InChI=1S/C7H6Cl2OS2/c8-5-1-3-6(4-2-5)12(11)7(9)10/h1-4,11-12H. The van der Waals surface area contributed by atoms with Crippen LogP contribution in [0.1, 0.15) is 0 Å². The smallest absolute Gasteiger partial charge is 0.269 e. The number of hydrogen-bond acceptors (Lipinski definition) is 2. The number of benzene rings is 1. The van der Waals surface area contributed by atoms with E-state index in [4.69, 9.17) is 23.2 Å². The Morgan fingerprint density at radius 1 is 1.33 bits per heavy atom. The maximum Gasteiger partial charge on any atom is 0.272 e. The lowest BCUT2D eigenvalue weighted by molar-refractivity contribution is 0.276. The Bertz CT molecular complexity index is 286. The Hall–Kier alpha value is 0.170. The van der Waals surface area contributed by atoms with Crippen molar-refractivity contribution >= 4 is 49.4 Å². The predicted molar refractivity (Wildman–Crippen MR) is 58.9 cm³/mol. The van der Waals surface area contributed by atoms with Gasteiger partial charge in [-0.2, -0.15) is 0 Å². The number of rotatable bonds is 1. The third-order valence-corrected chi connectivity index (χ3v) is 4.71. The Labute approximate surface area is 88.2 Å². The van der Waals surface area contributed by atoms with Crippen molar-refractivity contribution in [2.24, 2.45) is 0 Å². The van der Waals surface area contributed by atoms with Gasteiger partial charge in [0.05, 0.1) is 0 Å². The largest absolute Gasteiger partial charge is 0.272 e. The van der Waals surface area contributed by atoms with Crippen molar-refractivity contribution in [1.82, 2.24) is 0 Å². The lowest BCUT2D eigenvalue weighted by Crippen LogP contribution is -1.81. The van der Waals surface area contributed by atoms with Crippen LogP contribution in [0.4, 0.5) is 4.79 Å². The molecule has 1 rings (SSSR count). The highest BCUT2D eigenvalue weighted by Gasteiger charge is 2.08. The van der Waals surface area contributed by atoms with Gasteiger partial charge >= 0.3 is 0 Å². The minimum atomic E-state index is -1.18. The SMILES string of the molecule is O=C(Cl)[SH](S)c1ccc(Cl)cc1. The fourth-order valence-corrected chi connectivity index (χ4v) is 2.14. The van der Waals surface area contributed by atoms with Gasteiger partial charge in [-0.25, -0.2) is 0 Å². The first-order valence-electron chi connectivity index (χ1n) is 3.05. The summed E-state index contributed by atoms with van der Waals surface area (Å²) in [5, 5.41) is 0.637. The van der Waals surface area contributed by atoms with Gasteiger partial charge in [0.1, 0.15) is 0 Å². The van der Waals surface area contributed by atoms with Crippen LogP contribution < -0.4 is 0 Å². The Morgan fingerprint density at radius 3 is 2.25 bits per heavy atom. The molecule has 1 aromatic carbocycles. The normalized spacial score (nSPS) is 14.1. The van der Waals surface area contributed by atoms with Crippen LogP contribution in [0, 0.1) is 0 Å². The number of carbonyl (C=O) groups is 1. The van der Waals surface area contributed by atoms with E-state index in [0.717, 1.165) is 4.90 Å². The van der Waals surface area contributed by atoms with Crippen LogP contribution in [0.3, 0.4) is 0 Å². The van der Waals surface area contributed by atoms with E-state index in [0.29, 0.717) is 5.02 Å². The zero-order chi connectivity index (χ0) is 9.14. The molecular weight excluding hydrogens is 235 g/mol. The third-order valence-electron chi connectivity index (χ3n) is 1.24. The quantitative estimate of drug-likeness (QED) is 0.433. The number of hydrogen-bond donors (Lipinski definition) is 2. The molecule has 0 heterocycles. The molecule has 0 aliphatic carbocycles. The van der Waals surface area contributed by atoms with E-state index in [1.54, 1.807) is 24.3 Å². The molecule has 0 fully saturated rings. The van der Waals surface area contributed by atoms with Gasteiger partial charge in [-0.15, -0.1) is 21.6 Å². The van der Waals surface area contributed by atoms with Crippen LogP contribution in [0.15, 0.2) is 29.2 Å². The molecule has 66 valence electrons. The van der Waals surface area contributed by atoms with Gasteiger partial charge in [0, 0.05) is 9.92 Å². The average Bonchev–Trinajstić information content (AvgIpc) is 2.04. The van der Waals surface area contributed by atoms with Gasteiger partial charge in [-0.3, -0.25) is 4.79 Å². The summed E-state index contributed by atoms with van der Waals surface area (Å²) in [7, 11) is -1.18. The Kier molecular flexibility index (Phi) is 3.77. The van der Waals surface area contributed by atoms with E-state index in [1.165, 1.54) is 0 Å². The Balaban J connectivity index is 2.89. The van der Waals surface area contributed by atoms with Gasteiger partial charge in [0.25, 0.3) is 4.57 Å². The molecule has 0 N–H and O–H groups in total. The molecule has 0 spiro atoms.